The van der Waals surface area contributed by atoms with Crippen molar-refractivity contribution in [3.8, 4) is 0 Å². The lowest BCUT2D eigenvalue weighted by molar-refractivity contribution is 0.281. The molecule has 0 radical (unpaired) electrons. The van der Waals surface area contributed by atoms with Gasteiger partial charge in [0.25, 0.3) is 0 Å². The summed E-state index contributed by atoms with van der Waals surface area (Å²) in [6.07, 6.45) is 4.32. The van der Waals surface area contributed by atoms with Crippen LogP contribution in [0.15, 0.2) is 6.33 Å². The fraction of sp³-hybridized carbons (Fsp3) is 0.818. The SMILES string of the molecule is CC(C)(N)C(C)(C)c1nncn1C1CC1. The topological polar surface area (TPSA) is 56.7 Å². The quantitative estimate of drug-likeness (QED) is 0.821. The molecule has 0 aliphatic heterocycles. The maximum atomic E-state index is 6.21. The number of rotatable bonds is 3. The number of nitrogens with zero attached hydrogens (tertiary/aromatic N) is 3. The van der Waals surface area contributed by atoms with Crippen LogP contribution in [0.25, 0.3) is 0 Å². The Bertz CT molecular complexity index is 355. The predicted octanol–water partition coefficient (Wildman–Crippen LogP) is 1.63. The Morgan fingerprint density at radius 3 is 2.40 bits per heavy atom. The van der Waals surface area contributed by atoms with Crippen molar-refractivity contribution in [3.63, 3.8) is 0 Å². The molecule has 4 heteroatoms. The first-order valence-corrected chi connectivity index (χ1v) is 5.53. The van der Waals surface area contributed by atoms with Gasteiger partial charge in [-0.05, 0) is 26.7 Å². The molecule has 1 aromatic rings. The first-order chi connectivity index (χ1) is 6.84. The van der Waals surface area contributed by atoms with Crippen molar-refractivity contribution in [2.45, 2.75) is 57.5 Å². The van der Waals surface area contributed by atoms with Gasteiger partial charge in [-0.15, -0.1) is 10.2 Å². The van der Waals surface area contributed by atoms with E-state index >= 15 is 0 Å². The molecule has 0 aromatic carbocycles. The highest BCUT2D eigenvalue weighted by atomic mass is 15.3. The van der Waals surface area contributed by atoms with Gasteiger partial charge in [-0.2, -0.15) is 0 Å². The monoisotopic (exact) mass is 208 g/mol. The molecule has 0 spiro atoms. The average Bonchev–Trinajstić information content (AvgIpc) is 2.81. The van der Waals surface area contributed by atoms with Crippen LogP contribution < -0.4 is 5.73 Å². The normalized spacial score (nSPS) is 18.2. The van der Waals surface area contributed by atoms with E-state index < -0.39 is 0 Å². The van der Waals surface area contributed by atoms with Gasteiger partial charge in [0.1, 0.15) is 12.2 Å². The van der Waals surface area contributed by atoms with Gasteiger partial charge in [0, 0.05) is 17.0 Å². The number of hydrogen-bond acceptors (Lipinski definition) is 3. The third-order valence-electron chi connectivity index (χ3n) is 3.68. The summed E-state index contributed by atoms with van der Waals surface area (Å²) < 4.78 is 2.19. The molecule has 1 aromatic heterocycles. The summed E-state index contributed by atoms with van der Waals surface area (Å²) in [5, 5.41) is 8.27. The molecular weight excluding hydrogens is 188 g/mol. The van der Waals surface area contributed by atoms with Crippen molar-refractivity contribution in [1.82, 2.24) is 14.8 Å². The van der Waals surface area contributed by atoms with E-state index in [1.54, 1.807) is 0 Å². The van der Waals surface area contributed by atoms with Gasteiger partial charge in [0.2, 0.25) is 0 Å². The maximum absolute atomic E-state index is 6.21. The summed E-state index contributed by atoms with van der Waals surface area (Å²) in [5.41, 5.74) is 5.75. The average molecular weight is 208 g/mol. The smallest absolute Gasteiger partial charge is 0.140 e. The van der Waals surface area contributed by atoms with Crippen LogP contribution in [-0.2, 0) is 5.41 Å². The molecule has 1 heterocycles. The summed E-state index contributed by atoms with van der Waals surface area (Å²) in [6, 6.07) is 0.608. The molecule has 2 N–H and O–H groups in total. The largest absolute Gasteiger partial charge is 0.325 e. The number of nitrogens with two attached hydrogens (primary N) is 1. The minimum atomic E-state index is -0.299. The van der Waals surface area contributed by atoms with Gasteiger partial charge in [-0.25, -0.2) is 0 Å². The van der Waals surface area contributed by atoms with Crippen LogP contribution in [0.4, 0.5) is 0 Å². The molecule has 0 atom stereocenters. The number of hydrogen-bond donors (Lipinski definition) is 1. The van der Waals surface area contributed by atoms with Crippen molar-refractivity contribution >= 4 is 0 Å². The summed E-state index contributed by atoms with van der Waals surface area (Å²) in [5.74, 6) is 1.01. The van der Waals surface area contributed by atoms with Crippen LogP contribution in [0.1, 0.15) is 52.4 Å². The third kappa shape index (κ3) is 1.67. The number of aromatic nitrogens is 3. The van der Waals surface area contributed by atoms with Gasteiger partial charge in [-0.3, -0.25) is 0 Å². The fourth-order valence-corrected chi connectivity index (χ4v) is 1.60. The first-order valence-electron chi connectivity index (χ1n) is 5.53. The minimum absolute atomic E-state index is 0.161. The summed E-state index contributed by atoms with van der Waals surface area (Å²) in [6.45, 7) is 8.35. The molecule has 84 valence electrons. The molecule has 4 nitrogen and oxygen atoms in total. The second-order valence-corrected chi connectivity index (χ2v) is 5.64. The highest BCUT2D eigenvalue weighted by Gasteiger charge is 2.41. The van der Waals surface area contributed by atoms with E-state index in [-0.39, 0.29) is 11.0 Å². The van der Waals surface area contributed by atoms with E-state index in [1.807, 2.05) is 20.2 Å². The molecule has 1 aliphatic rings. The summed E-state index contributed by atoms with van der Waals surface area (Å²) in [7, 11) is 0. The van der Waals surface area contributed by atoms with Gasteiger partial charge in [0.05, 0.1) is 0 Å². The lowest BCUT2D eigenvalue weighted by Crippen LogP contribution is -2.51. The van der Waals surface area contributed by atoms with Gasteiger partial charge >= 0.3 is 0 Å². The van der Waals surface area contributed by atoms with Gasteiger partial charge in [-0.1, -0.05) is 13.8 Å². The Kier molecular flexibility index (Phi) is 2.15. The molecule has 1 saturated carbocycles. The Hall–Kier alpha value is -0.900. The molecule has 2 rings (SSSR count). The Morgan fingerprint density at radius 2 is 1.93 bits per heavy atom. The molecular formula is C11H20N4. The minimum Gasteiger partial charge on any atom is -0.325 e. The van der Waals surface area contributed by atoms with Crippen LogP contribution in [0.2, 0.25) is 0 Å². The van der Waals surface area contributed by atoms with E-state index in [1.165, 1.54) is 12.8 Å². The molecule has 0 saturated heterocycles. The van der Waals surface area contributed by atoms with Crippen molar-refractivity contribution in [2.75, 3.05) is 0 Å². The zero-order valence-electron chi connectivity index (χ0n) is 9.99. The standard InChI is InChI=1S/C11H20N4/c1-10(2,11(3,4)12)9-14-13-7-15(9)8-5-6-8/h7-8H,5-6,12H2,1-4H3. The Labute approximate surface area is 90.9 Å². The molecule has 1 fully saturated rings. The molecule has 0 unspecified atom stereocenters. The van der Waals surface area contributed by atoms with Crippen molar-refractivity contribution in [1.29, 1.82) is 0 Å². The van der Waals surface area contributed by atoms with Crippen molar-refractivity contribution in [2.24, 2.45) is 5.73 Å². The van der Waals surface area contributed by atoms with Gasteiger partial charge in [0.15, 0.2) is 0 Å². The van der Waals surface area contributed by atoms with E-state index in [4.69, 9.17) is 5.73 Å². The fourth-order valence-electron chi connectivity index (χ4n) is 1.60. The summed E-state index contributed by atoms with van der Waals surface area (Å²) in [4.78, 5) is 0. The van der Waals surface area contributed by atoms with Crippen LogP contribution in [0.3, 0.4) is 0 Å². The van der Waals surface area contributed by atoms with E-state index in [0.29, 0.717) is 6.04 Å². The zero-order valence-corrected chi connectivity index (χ0v) is 9.99. The van der Waals surface area contributed by atoms with E-state index in [9.17, 15) is 0 Å². The Morgan fingerprint density at radius 1 is 1.33 bits per heavy atom. The second kappa shape index (κ2) is 3.04. The van der Waals surface area contributed by atoms with E-state index in [0.717, 1.165) is 5.82 Å². The lowest BCUT2D eigenvalue weighted by Gasteiger charge is -2.37. The predicted molar refractivity (Wildman–Crippen MR) is 59.6 cm³/mol. The lowest BCUT2D eigenvalue weighted by atomic mass is 9.74. The maximum Gasteiger partial charge on any atom is 0.140 e. The van der Waals surface area contributed by atoms with Crippen molar-refractivity contribution in [3.05, 3.63) is 12.2 Å². The second-order valence-electron chi connectivity index (χ2n) is 5.64. The first kappa shape index (κ1) is 10.6. The van der Waals surface area contributed by atoms with Crippen LogP contribution >= 0.6 is 0 Å². The zero-order chi connectivity index (χ0) is 11.3. The van der Waals surface area contributed by atoms with Gasteiger partial charge < -0.3 is 10.3 Å². The molecule has 1 aliphatic carbocycles. The highest BCUT2D eigenvalue weighted by molar-refractivity contribution is 5.15. The van der Waals surface area contributed by atoms with E-state index in [2.05, 4.69) is 28.6 Å². The van der Waals surface area contributed by atoms with Crippen LogP contribution in [0, 0.1) is 0 Å². The van der Waals surface area contributed by atoms with Crippen molar-refractivity contribution < 1.29 is 0 Å². The molecule has 15 heavy (non-hydrogen) atoms. The highest BCUT2D eigenvalue weighted by Crippen LogP contribution is 2.40. The van der Waals surface area contributed by atoms with Crippen LogP contribution in [-0.4, -0.2) is 20.3 Å². The molecule has 0 bridgehead atoms. The van der Waals surface area contributed by atoms with Crippen LogP contribution in [0.5, 0.6) is 0 Å². The third-order valence-corrected chi connectivity index (χ3v) is 3.68. The molecule has 0 amide bonds. The summed E-state index contributed by atoms with van der Waals surface area (Å²) >= 11 is 0. The Balaban J connectivity index is 2.39.